The highest BCUT2D eigenvalue weighted by molar-refractivity contribution is 6.06. The summed E-state index contributed by atoms with van der Waals surface area (Å²) in [6.07, 6.45) is 11.9. The normalized spacial score (nSPS) is 26.7. The van der Waals surface area contributed by atoms with Gasteiger partial charge in [-0.15, -0.1) is 0 Å². The number of aliphatic hydroxyl groups excluding tert-OH is 4. The van der Waals surface area contributed by atoms with E-state index in [9.17, 15) is 35.1 Å². The van der Waals surface area contributed by atoms with Gasteiger partial charge in [0.05, 0.1) is 37.2 Å². The van der Waals surface area contributed by atoms with Crippen LogP contribution in [0.15, 0.2) is 78.3 Å². The SMILES string of the molecule is CCC[C@@H]([C@@H]1C[C@@H](CC2=CCNC(N)=C2)C[C@H]2C#C[C@H](c3ccccc3)c3cc(O)c(OC)cc3CCC(=O)[C@H](O)C(=O)[C@H]2C1)[C@H](O)C1(c2cc([C@H](C)CC[C@H](O)[C@H](C)O)c[nH]2)CCCCC1. The van der Waals surface area contributed by atoms with Crippen LogP contribution < -0.4 is 15.8 Å². The number of nitrogens with one attached hydrogen (secondary N) is 2. The largest absolute Gasteiger partial charge is 0.504 e. The number of phenols is 1. The fourth-order valence-electron chi connectivity index (χ4n) is 12.0. The molecule has 0 saturated heterocycles. The van der Waals surface area contributed by atoms with Gasteiger partial charge in [0.25, 0.3) is 0 Å². The van der Waals surface area contributed by atoms with Crippen molar-refractivity contribution in [2.75, 3.05) is 13.7 Å². The molecule has 2 fully saturated rings. The van der Waals surface area contributed by atoms with Crippen molar-refractivity contribution >= 4 is 11.6 Å². The first-order valence-corrected chi connectivity index (χ1v) is 25.1. The van der Waals surface area contributed by atoms with Crippen LogP contribution in [0.3, 0.4) is 0 Å². The van der Waals surface area contributed by atoms with E-state index in [0.717, 1.165) is 84.9 Å². The van der Waals surface area contributed by atoms with Crippen LogP contribution in [0.2, 0.25) is 0 Å². The number of methoxy groups -OCH3 is 1. The number of dihydropyridines is 1. The molecule has 2 heterocycles. The molecule has 7 rings (SSSR count). The standard InChI is InChI=1S/C56H75N3O8/c1-5-12-44(55(66)56(22-10-7-11-23-56)51-31-42(33-59-51)34(2)15-19-47(61)35(3)60)41-27-37(25-36-21-24-58-52(57)28-36)26-39-16-18-43(38-13-8-6-9-14-38)45-32-49(63)50(67-4)30-40(45)17-20-48(62)54(65)53(64)46(39)29-41/h6,8-9,13-14,21,28,30-35,37,39,41,43-44,46-47,54-55,58-61,63,65-66H,5,7,10-12,15,17,19-20,22-27,29,57H2,1-4H3/t34-,35+,37+,39-,41-,43-,44+,46+,47+,54+,55+/m1/s1. The van der Waals surface area contributed by atoms with Gasteiger partial charge in [-0.05, 0) is 147 Å². The second kappa shape index (κ2) is 22.5. The topological polar surface area (TPSA) is 198 Å². The van der Waals surface area contributed by atoms with Crippen molar-refractivity contribution in [3.63, 3.8) is 0 Å². The van der Waals surface area contributed by atoms with E-state index in [2.05, 4.69) is 48.1 Å². The summed E-state index contributed by atoms with van der Waals surface area (Å²) in [5.41, 5.74) is 11.4. The molecular weight excluding hydrogens is 843 g/mol. The highest BCUT2D eigenvalue weighted by Crippen LogP contribution is 2.51. The number of ketones is 2. The van der Waals surface area contributed by atoms with Crippen LogP contribution in [0.4, 0.5) is 0 Å². The summed E-state index contributed by atoms with van der Waals surface area (Å²) in [6.45, 7) is 6.51. The maximum Gasteiger partial charge on any atom is 0.173 e. The Kier molecular flexibility index (Phi) is 16.8. The minimum Gasteiger partial charge on any atom is -0.504 e. The molecule has 3 aliphatic carbocycles. The molecule has 1 aromatic heterocycles. The number of aromatic nitrogens is 1. The zero-order valence-electron chi connectivity index (χ0n) is 40.1. The summed E-state index contributed by atoms with van der Waals surface area (Å²) in [7, 11) is 1.48. The maximum absolute atomic E-state index is 15.0. The number of benzene rings is 2. The molecule has 0 radical (unpaired) electrons. The lowest BCUT2D eigenvalue weighted by Gasteiger charge is -2.46. The van der Waals surface area contributed by atoms with Crippen molar-refractivity contribution in [3.05, 3.63) is 106 Å². The highest BCUT2D eigenvalue weighted by atomic mass is 16.5. The number of H-pyrrole nitrogens is 1. The molecule has 0 spiro atoms. The first kappa shape index (κ1) is 50.0. The Bertz CT molecular complexity index is 2280. The summed E-state index contributed by atoms with van der Waals surface area (Å²) in [4.78, 5) is 32.7. The van der Waals surface area contributed by atoms with Crippen LogP contribution in [0.25, 0.3) is 0 Å². The molecule has 2 saturated carbocycles. The number of Topliss-reactive ketones (excluding diaryl/α,β-unsaturated/α-hetero) is 2. The smallest absolute Gasteiger partial charge is 0.173 e. The summed E-state index contributed by atoms with van der Waals surface area (Å²) in [5, 5.41) is 59.7. The van der Waals surface area contributed by atoms with Crippen LogP contribution in [0.1, 0.15) is 150 Å². The Morgan fingerprint density at radius 3 is 2.40 bits per heavy atom. The quantitative estimate of drug-likeness (QED) is 0.0547. The number of aromatic hydroxyl groups is 1. The fraction of sp³-hybridized carbons (Fsp3) is 0.571. The van der Waals surface area contributed by atoms with Gasteiger partial charge in [0.15, 0.2) is 29.2 Å². The molecule has 9 N–H and O–H groups in total. The number of rotatable bonds is 15. The summed E-state index contributed by atoms with van der Waals surface area (Å²) in [5.74, 6) is 5.10. The van der Waals surface area contributed by atoms with Crippen molar-refractivity contribution in [2.45, 2.75) is 159 Å². The zero-order valence-corrected chi connectivity index (χ0v) is 40.1. The number of aryl methyl sites for hydroxylation is 1. The van der Waals surface area contributed by atoms with Crippen LogP contribution >= 0.6 is 0 Å². The van der Waals surface area contributed by atoms with E-state index < -0.39 is 59.2 Å². The van der Waals surface area contributed by atoms with Crippen molar-refractivity contribution in [3.8, 4) is 23.3 Å². The number of carbonyl (C=O) groups is 2. The maximum atomic E-state index is 15.0. The number of fused-ring (bicyclic) bond motifs is 2. The Labute approximate surface area is 397 Å². The number of ether oxygens (including phenoxy) is 1. The Balaban J connectivity index is 1.32. The van der Waals surface area contributed by atoms with Gasteiger partial charge < -0.3 is 46.3 Å². The van der Waals surface area contributed by atoms with Crippen molar-refractivity contribution in [1.29, 1.82) is 0 Å². The van der Waals surface area contributed by atoms with E-state index in [-0.39, 0.29) is 48.0 Å². The average molecular weight is 918 g/mol. The molecule has 67 heavy (non-hydrogen) atoms. The van der Waals surface area contributed by atoms with E-state index in [0.29, 0.717) is 44.5 Å². The van der Waals surface area contributed by atoms with Crippen molar-refractivity contribution in [2.24, 2.45) is 35.3 Å². The zero-order chi connectivity index (χ0) is 47.8. The van der Waals surface area contributed by atoms with E-state index in [4.69, 9.17) is 10.5 Å². The number of hydrogen-bond donors (Lipinski definition) is 8. The van der Waals surface area contributed by atoms with E-state index >= 15 is 0 Å². The van der Waals surface area contributed by atoms with Crippen LogP contribution in [-0.2, 0) is 21.4 Å². The lowest BCUT2D eigenvalue weighted by atomic mass is 9.61. The van der Waals surface area contributed by atoms with Gasteiger partial charge in [-0.1, -0.05) is 87.8 Å². The highest BCUT2D eigenvalue weighted by Gasteiger charge is 2.49. The van der Waals surface area contributed by atoms with Crippen LogP contribution in [0, 0.1) is 41.4 Å². The third kappa shape index (κ3) is 11.5. The lowest BCUT2D eigenvalue weighted by molar-refractivity contribution is -0.142. The minimum absolute atomic E-state index is 0.0377. The molecule has 0 amide bonds. The molecule has 0 unspecified atom stereocenters. The molecule has 11 nitrogen and oxygen atoms in total. The molecule has 0 bridgehead atoms. The second-order valence-corrected chi connectivity index (χ2v) is 20.4. The molecule has 362 valence electrons. The molecule has 4 aliphatic rings. The number of hydrogen-bond acceptors (Lipinski definition) is 10. The summed E-state index contributed by atoms with van der Waals surface area (Å²) < 4.78 is 5.49. The number of phenolic OH excluding ortho intramolecular Hbond substituents is 1. The van der Waals surface area contributed by atoms with Gasteiger partial charge in [-0.25, -0.2) is 0 Å². The second-order valence-electron chi connectivity index (χ2n) is 20.4. The minimum atomic E-state index is -1.83. The summed E-state index contributed by atoms with van der Waals surface area (Å²) in [6, 6.07) is 15.5. The number of aromatic amines is 1. The van der Waals surface area contributed by atoms with Crippen molar-refractivity contribution < 1.29 is 39.9 Å². The van der Waals surface area contributed by atoms with Gasteiger partial charge in [-0.3, -0.25) is 9.59 Å². The molecule has 11 heteroatoms. The predicted molar refractivity (Wildman–Crippen MR) is 261 cm³/mol. The number of nitrogens with two attached hydrogens (primary N) is 1. The van der Waals surface area contributed by atoms with E-state index in [1.54, 1.807) is 19.1 Å². The molecule has 2 aromatic carbocycles. The third-order valence-electron chi connectivity index (χ3n) is 15.9. The fourth-order valence-corrected chi connectivity index (χ4v) is 12.0. The van der Waals surface area contributed by atoms with Gasteiger partial charge in [0.1, 0.15) is 0 Å². The first-order chi connectivity index (χ1) is 32.2. The third-order valence-corrected chi connectivity index (χ3v) is 15.9. The average Bonchev–Trinajstić information content (AvgIpc) is 3.77. The van der Waals surface area contributed by atoms with Gasteiger partial charge in [0.2, 0.25) is 0 Å². The van der Waals surface area contributed by atoms with E-state index in [1.807, 2.05) is 42.6 Å². The van der Waals surface area contributed by atoms with Crippen LogP contribution in [-0.4, -0.2) is 80.2 Å². The molecule has 1 aliphatic heterocycles. The first-order valence-electron chi connectivity index (χ1n) is 25.1. The number of allylic oxidation sites excluding steroid dienone is 2. The summed E-state index contributed by atoms with van der Waals surface area (Å²) >= 11 is 0. The number of aliphatic hydroxyl groups is 4. The van der Waals surface area contributed by atoms with Gasteiger partial charge >= 0.3 is 0 Å². The van der Waals surface area contributed by atoms with Crippen LogP contribution in [0.5, 0.6) is 11.5 Å². The monoisotopic (exact) mass is 918 g/mol. The number of carbonyl (C=O) groups excluding carboxylic acids is 2. The van der Waals surface area contributed by atoms with E-state index in [1.165, 1.54) is 7.11 Å². The predicted octanol–water partition coefficient (Wildman–Crippen LogP) is 7.98. The van der Waals surface area contributed by atoms with Gasteiger partial charge in [0, 0.05) is 42.1 Å². The Morgan fingerprint density at radius 1 is 0.940 bits per heavy atom. The molecule has 11 atom stereocenters. The Hall–Kier alpha value is -4.86. The lowest BCUT2D eigenvalue weighted by Crippen LogP contribution is -2.48. The van der Waals surface area contributed by atoms with Crippen molar-refractivity contribution in [1.82, 2.24) is 10.3 Å². The molecule has 3 aromatic rings. The Morgan fingerprint density at radius 2 is 1.70 bits per heavy atom. The van der Waals surface area contributed by atoms with Gasteiger partial charge in [-0.2, -0.15) is 0 Å². The molecular formula is C56H75N3O8.